The Hall–Kier alpha value is -3.56. The van der Waals surface area contributed by atoms with E-state index in [1.54, 1.807) is 0 Å². The van der Waals surface area contributed by atoms with Crippen LogP contribution in [-0.4, -0.2) is 30.8 Å². The van der Waals surface area contributed by atoms with Gasteiger partial charge in [0.15, 0.2) is 11.5 Å². The molecule has 0 saturated carbocycles. The lowest BCUT2D eigenvalue weighted by molar-refractivity contribution is -0.384. The number of hydrazone groups is 1. The van der Waals surface area contributed by atoms with Crippen molar-refractivity contribution in [3.8, 4) is 11.5 Å². The predicted octanol–water partition coefficient (Wildman–Crippen LogP) is 2.97. The second-order valence-electron chi connectivity index (χ2n) is 4.80. The first-order valence-corrected chi connectivity index (χ1v) is 7.11. The van der Waals surface area contributed by atoms with Crippen LogP contribution in [0.25, 0.3) is 0 Å². The summed E-state index contributed by atoms with van der Waals surface area (Å²) in [4.78, 5) is 22.0. The molecule has 0 unspecified atom stereocenters. The minimum absolute atomic E-state index is 0.0489. The molecular weight excluding hydrogens is 352 g/mol. The summed E-state index contributed by atoms with van der Waals surface area (Å²) in [6.45, 7) is -3.02. The second-order valence-corrected chi connectivity index (χ2v) is 4.80. The number of nitro groups is 1. The summed E-state index contributed by atoms with van der Waals surface area (Å²) < 4.78 is 34.0. The van der Waals surface area contributed by atoms with Gasteiger partial charge in [0.05, 0.1) is 18.2 Å². The van der Waals surface area contributed by atoms with E-state index in [1.807, 2.05) is 0 Å². The zero-order valence-corrected chi connectivity index (χ0v) is 13.4. The molecule has 10 heteroatoms. The molecule has 0 aliphatic carbocycles. The maximum atomic E-state index is 12.4. The smallest absolute Gasteiger partial charge is 0.387 e. The molecule has 0 saturated heterocycles. The average Bonchev–Trinajstić information content (AvgIpc) is 2.61. The van der Waals surface area contributed by atoms with Crippen LogP contribution >= 0.6 is 0 Å². The number of methoxy groups -OCH3 is 1. The maximum absolute atomic E-state index is 12.4. The van der Waals surface area contributed by atoms with Crippen LogP contribution in [-0.2, 0) is 0 Å². The molecule has 26 heavy (non-hydrogen) atoms. The SMILES string of the molecule is COc1ccc(/C=N\NC(=O)c2cccc([N+](=O)[O-])c2)cc1OC(F)F. The molecule has 0 bridgehead atoms. The van der Waals surface area contributed by atoms with Gasteiger partial charge >= 0.3 is 6.61 Å². The quantitative estimate of drug-likeness (QED) is 0.462. The van der Waals surface area contributed by atoms with Crippen molar-refractivity contribution in [1.82, 2.24) is 5.43 Å². The number of nitrogens with zero attached hydrogens (tertiary/aromatic N) is 2. The number of halogens is 2. The third-order valence-corrected chi connectivity index (χ3v) is 3.10. The lowest BCUT2D eigenvalue weighted by Crippen LogP contribution is -2.17. The van der Waals surface area contributed by atoms with Gasteiger partial charge < -0.3 is 9.47 Å². The van der Waals surface area contributed by atoms with Gasteiger partial charge in [0, 0.05) is 17.7 Å². The predicted molar refractivity (Wildman–Crippen MR) is 87.8 cm³/mol. The Bertz CT molecular complexity index is 842. The lowest BCUT2D eigenvalue weighted by atomic mass is 10.2. The van der Waals surface area contributed by atoms with Gasteiger partial charge in [-0.1, -0.05) is 6.07 Å². The number of ether oxygens (including phenoxy) is 2. The van der Waals surface area contributed by atoms with Crippen molar-refractivity contribution in [2.45, 2.75) is 6.61 Å². The number of hydrogen-bond donors (Lipinski definition) is 1. The van der Waals surface area contributed by atoms with Crippen molar-refractivity contribution in [3.63, 3.8) is 0 Å². The van der Waals surface area contributed by atoms with Gasteiger partial charge in [0.25, 0.3) is 11.6 Å². The highest BCUT2D eigenvalue weighted by molar-refractivity contribution is 5.95. The number of nitro benzene ring substituents is 1. The van der Waals surface area contributed by atoms with Crippen LogP contribution in [0.15, 0.2) is 47.6 Å². The molecule has 1 N–H and O–H groups in total. The molecule has 2 aromatic carbocycles. The molecule has 0 aromatic heterocycles. The fourth-order valence-electron chi connectivity index (χ4n) is 1.95. The summed E-state index contributed by atoms with van der Waals surface area (Å²) in [5.41, 5.74) is 2.37. The van der Waals surface area contributed by atoms with E-state index in [0.717, 1.165) is 6.07 Å². The van der Waals surface area contributed by atoms with Crippen LogP contribution in [0.2, 0.25) is 0 Å². The summed E-state index contributed by atoms with van der Waals surface area (Å²) in [5, 5.41) is 14.4. The maximum Gasteiger partial charge on any atom is 0.387 e. The lowest BCUT2D eigenvalue weighted by Gasteiger charge is -2.10. The molecule has 0 aliphatic rings. The van der Waals surface area contributed by atoms with E-state index in [1.165, 1.54) is 49.7 Å². The van der Waals surface area contributed by atoms with Crippen molar-refractivity contribution < 1.29 is 28.0 Å². The highest BCUT2D eigenvalue weighted by Crippen LogP contribution is 2.28. The van der Waals surface area contributed by atoms with Gasteiger partial charge in [-0.2, -0.15) is 13.9 Å². The topological polar surface area (TPSA) is 103 Å². The normalized spacial score (nSPS) is 10.8. The summed E-state index contributed by atoms with van der Waals surface area (Å²) in [6.07, 6.45) is 1.20. The Kier molecular flexibility index (Phi) is 6.15. The van der Waals surface area contributed by atoms with E-state index in [9.17, 15) is 23.7 Å². The first kappa shape index (κ1) is 18.8. The van der Waals surface area contributed by atoms with E-state index in [-0.39, 0.29) is 22.7 Å². The van der Waals surface area contributed by atoms with Gasteiger partial charge in [0.1, 0.15) is 0 Å². The number of benzene rings is 2. The number of carbonyl (C=O) groups is 1. The summed E-state index contributed by atoms with van der Waals surface area (Å²) >= 11 is 0. The van der Waals surface area contributed by atoms with Gasteiger partial charge in [-0.3, -0.25) is 14.9 Å². The minimum atomic E-state index is -3.02. The third-order valence-electron chi connectivity index (χ3n) is 3.10. The number of nitrogens with one attached hydrogen (secondary N) is 1. The summed E-state index contributed by atoms with van der Waals surface area (Å²) in [5.74, 6) is -0.734. The van der Waals surface area contributed by atoms with Crippen LogP contribution in [0.4, 0.5) is 14.5 Å². The Labute approximate surface area is 146 Å². The van der Waals surface area contributed by atoms with Crippen LogP contribution in [0, 0.1) is 10.1 Å². The van der Waals surface area contributed by atoms with Crippen molar-refractivity contribution >= 4 is 17.8 Å². The Balaban J connectivity index is 2.09. The van der Waals surface area contributed by atoms with Crippen molar-refractivity contribution in [2.24, 2.45) is 5.10 Å². The molecule has 0 fully saturated rings. The van der Waals surface area contributed by atoms with Crippen LogP contribution in [0.5, 0.6) is 11.5 Å². The fourth-order valence-corrected chi connectivity index (χ4v) is 1.95. The monoisotopic (exact) mass is 365 g/mol. The molecule has 0 heterocycles. The summed E-state index contributed by atoms with van der Waals surface area (Å²) in [6, 6.07) is 9.29. The van der Waals surface area contributed by atoms with Crippen LogP contribution < -0.4 is 14.9 Å². The van der Waals surface area contributed by atoms with Gasteiger partial charge in [-0.25, -0.2) is 5.43 Å². The van der Waals surface area contributed by atoms with Gasteiger partial charge in [-0.15, -0.1) is 0 Å². The highest BCUT2D eigenvalue weighted by Gasteiger charge is 2.12. The zero-order chi connectivity index (χ0) is 19.1. The van der Waals surface area contributed by atoms with E-state index in [2.05, 4.69) is 15.3 Å². The molecule has 136 valence electrons. The number of rotatable bonds is 7. The van der Waals surface area contributed by atoms with E-state index < -0.39 is 17.4 Å². The van der Waals surface area contributed by atoms with Crippen LogP contribution in [0.1, 0.15) is 15.9 Å². The number of non-ortho nitro benzene ring substituents is 1. The van der Waals surface area contributed by atoms with Crippen molar-refractivity contribution in [2.75, 3.05) is 7.11 Å². The summed E-state index contributed by atoms with van der Waals surface area (Å²) in [7, 11) is 1.31. The van der Waals surface area contributed by atoms with Crippen LogP contribution in [0.3, 0.4) is 0 Å². The fraction of sp³-hybridized carbons (Fsp3) is 0.125. The largest absolute Gasteiger partial charge is 0.493 e. The first-order valence-electron chi connectivity index (χ1n) is 7.11. The number of alkyl halides is 2. The number of carbonyl (C=O) groups excluding carboxylic acids is 1. The van der Waals surface area contributed by atoms with Crippen molar-refractivity contribution in [3.05, 3.63) is 63.7 Å². The molecule has 0 aliphatic heterocycles. The molecule has 1 amide bonds. The molecule has 0 spiro atoms. The Morgan fingerprint density at radius 2 is 2.04 bits per heavy atom. The van der Waals surface area contributed by atoms with Crippen molar-refractivity contribution in [1.29, 1.82) is 0 Å². The highest BCUT2D eigenvalue weighted by atomic mass is 19.3. The molecule has 0 atom stereocenters. The van der Waals surface area contributed by atoms with E-state index >= 15 is 0 Å². The number of hydrogen-bond acceptors (Lipinski definition) is 6. The van der Waals surface area contributed by atoms with Gasteiger partial charge in [-0.05, 0) is 29.8 Å². The third kappa shape index (κ3) is 4.97. The molecular formula is C16H13F2N3O5. The molecule has 8 nitrogen and oxygen atoms in total. The minimum Gasteiger partial charge on any atom is -0.493 e. The Morgan fingerprint density at radius 1 is 1.27 bits per heavy atom. The van der Waals surface area contributed by atoms with E-state index in [4.69, 9.17) is 4.74 Å². The standard InChI is InChI=1S/C16H13F2N3O5/c1-25-13-6-5-10(7-14(13)26-16(17)18)9-19-20-15(22)11-3-2-4-12(8-11)21(23)24/h2-9,16H,1H3,(H,20,22)/b19-9-. The zero-order valence-electron chi connectivity index (χ0n) is 13.4. The second kappa shape index (κ2) is 8.51. The number of amides is 1. The molecule has 2 rings (SSSR count). The molecule has 0 radical (unpaired) electrons. The van der Waals surface area contributed by atoms with Gasteiger partial charge in [0.2, 0.25) is 0 Å². The van der Waals surface area contributed by atoms with E-state index in [0.29, 0.717) is 5.56 Å². The average molecular weight is 365 g/mol. The Morgan fingerprint density at radius 3 is 2.69 bits per heavy atom. The first-order chi connectivity index (χ1) is 12.4. The molecule has 2 aromatic rings.